The fraction of sp³-hybridized carbons (Fsp3) is 0.364. The third-order valence-corrected chi connectivity index (χ3v) is 2.84. The topological polar surface area (TPSA) is 48.0 Å². The Kier molecular flexibility index (Phi) is 4.62. The smallest absolute Gasteiger partial charge is 0.293 e. The molecule has 1 amide bonds. The molecule has 17 heavy (non-hydrogen) atoms. The maximum Gasteiger partial charge on any atom is 0.293 e. The number of rotatable bonds is 4. The molecule has 0 saturated carbocycles. The van der Waals surface area contributed by atoms with Crippen LogP contribution in [0.25, 0.3) is 0 Å². The minimum absolute atomic E-state index is 0.275. The summed E-state index contributed by atoms with van der Waals surface area (Å²) in [5.74, 6) is 1.60. The first-order valence-electron chi connectivity index (χ1n) is 4.78. The lowest BCUT2D eigenvalue weighted by Crippen LogP contribution is -2.20. The van der Waals surface area contributed by atoms with Gasteiger partial charge >= 0.3 is 0 Å². The third kappa shape index (κ3) is 2.82. The van der Waals surface area contributed by atoms with Crippen molar-refractivity contribution in [1.29, 1.82) is 0 Å². The zero-order chi connectivity index (χ0) is 13.0. The first-order chi connectivity index (χ1) is 8.04. The number of hydrogen-bond acceptors (Lipinski definition) is 4. The molecule has 0 heterocycles. The second-order valence-electron chi connectivity index (χ2n) is 3.19. The molecule has 0 unspecified atom stereocenters. The summed E-state index contributed by atoms with van der Waals surface area (Å²) in [7, 11) is 6.22. The molecule has 1 aromatic rings. The lowest BCUT2D eigenvalue weighted by Gasteiger charge is -2.19. The molecule has 0 bridgehead atoms. The van der Waals surface area contributed by atoms with Crippen LogP contribution in [-0.4, -0.2) is 33.2 Å². The zero-order valence-corrected chi connectivity index (χ0v) is 11.7. The Hall–Kier alpha value is -1.43. The van der Waals surface area contributed by atoms with Crippen molar-refractivity contribution in [2.75, 3.05) is 33.3 Å². The van der Waals surface area contributed by atoms with Crippen LogP contribution in [0.1, 0.15) is 0 Å². The number of carbonyl (C=O) groups excluding carboxylic acids is 1. The Morgan fingerprint density at radius 2 is 1.53 bits per heavy atom. The van der Waals surface area contributed by atoms with Gasteiger partial charge in [0.25, 0.3) is 4.82 Å². The minimum Gasteiger partial charge on any atom is -0.494 e. The molecular weight excluding hydrogens is 290 g/mol. The maximum absolute atomic E-state index is 11.3. The van der Waals surface area contributed by atoms with Gasteiger partial charge in [0, 0.05) is 35.1 Å². The molecule has 0 N–H and O–H groups in total. The summed E-state index contributed by atoms with van der Waals surface area (Å²) >= 11 is 2.88. The van der Waals surface area contributed by atoms with Gasteiger partial charge in [-0.05, 0) is 0 Å². The quantitative estimate of drug-likeness (QED) is 0.634. The fourth-order valence-electron chi connectivity index (χ4n) is 1.37. The van der Waals surface area contributed by atoms with Gasteiger partial charge in [-0.3, -0.25) is 4.79 Å². The summed E-state index contributed by atoms with van der Waals surface area (Å²) in [5.41, 5.74) is 0.590. The Morgan fingerprint density at radius 3 is 1.94 bits per heavy atom. The van der Waals surface area contributed by atoms with Gasteiger partial charge in [0.05, 0.1) is 27.0 Å². The Labute approximate surface area is 108 Å². The van der Waals surface area contributed by atoms with Crippen LogP contribution in [-0.2, 0) is 0 Å². The van der Waals surface area contributed by atoms with E-state index in [4.69, 9.17) is 14.2 Å². The lowest BCUT2D eigenvalue weighted by molar-refractivity contribution is 0.266. The molecular formula is C11H14BrNO4. The van der Waals surface area contributed by atoms with Crippen molar-refractivity contribution in [2.45, 2.75) is 0 Å². The zero-order valence-electron chi connectivity index (χ0n) is 10.1. The molecule has 6 heteroatoms. The van der Waals surface area contributed by atoms with Gasteiger partial charge in [-0.15, -0.1) is 0 Å². The van der Waals surface area contributed by atoms with Crippen molar-refractivity contribution in [1.82, 2.24) is 0 Å². The van der Waals surface area contributed by atoms with Crippen LogP contribution in [0.3, 0.4) is 0 Å². The minimum atomic E-state index is -0.275. The fourth-order valence-corrected chi connectivity index (χ4v) is 1.56. The molecule has 0 aromatic heterocycles. The predicted octanol–water partition coefficient (Wildman–Crippen LogP) is 2.66. The summed E-state index contributed by atoms with van der Waals surface area (Å²) in [5, 5.41) is 0. The summed E-state index contributed by atoms with van der Waals surface area (Å²) in [6.07, 6.45) is 0. The maximum atomic E-state index is 11.3. The van der Waals surface area contributed by atoms with Gasteiger partial charge in [-0.1, -0.05) is 0 Å². The molecule has 5 nitrogen and oxygen atoms in total. The molecule has 0 spiro atoms. The molecule has 1 aromatic carbocycles. The number of nitrogens with zero attached hydrogens (tertiary/aromatic N) is 1. The highest BCUT2D eigenvalue weighted by Gasteiger charge is 2.17. The van der Waals surface area contributed by atoms with E-state index in [1.165, 1.54) is 26.2 Å². The number of halogens is 1. The molecule has 0 saturated heterocycles. The molecule has 0 aliphatic carbocycles. The summed E-state index contributed by atoms with van der Waals surface area (Å²) < 4.78 is 15.5. The second kappa shape index (κ2) is 5.77. The van der Waals surface area contributed by atoms with E-state index < -0.39 is 0 Å². The van der Waals surface area contributed by atoms with E-state index in [0.29, 0.717) is 22.9 Å². The summed E-state index contributed by atoms with van der Waals surface area (Å²) in [4.78, 5) is 12.4. The van der Waals surface area contributed by atoms with Gasteiger partial charge in [0.1, 0.15) is 5.75 Å². The van der Waals surface area contributed by atoms with E-state index in [-0.39, 0.29) is 4.82 Å². The number of methoxy groups -OCH3 is 3. The van der Waals surface area contributed by atoms with Crippen molar-refractivity contribution < 1.29 is 19.0 Å². The first kappa shape index (κ1) is 13.6. The highest BCUT2D eigenvalue weighted by atomic mass is 79.9. The van der Waals surface area contributed by atoms with E-state index >= 15 is 0 Å². The summed E-state index contributed by atoms with van der Waals surface area (Å²) in [6.45, 7) is 0. The number of hydrogen-bond donors (Lipinski definition) is 0. The van der Waals surface area contributed by atoms with Crippen molar-refractivity contribution in [3.8, 4) is 17.2 Å². The van der Waals surface area contributed by atoms with E-state index in [2.05, 4.69) is 15.9 Å². The summed E-state index contributed by atoms with van der Waals surface area (Å²) in [6, 6.07) is 3.34. The van der Waals surface area contributed by atoms with Crippen LogP contribution >= 0.6 is 15.9 Å². The van der Waals surface area contributed by atoms with Crippen LogP contribution in [0.15, 0.2) is 12.1 Å². The van der Waals surface area contributed by atoms with E-state index in [1.807, 2.05) is 0 Å². The largest absolute Gasteiger partial charge is 0.494 e. The number of ether oxygens (including phenoxy) is 3. The Morgan fingerprint density at radius 1 is 1.06 bits per heavy atom. The van der Waals surface area contributed by atoms with Crippen LogP contribution < -0.4 is 19.1 Å². The van der Waals surface area contributed by atoms with Crippen LogP contribution in [0.5, 0.6) is 17.2 Å². The van der Waals surface area contributed by atoms with Gasteiger partial charge in [0.15, 0.2) is 11.5 Å². The monoisotopic (exact) mass is 303 g/mol. The van der Waals surface area contributed by atoms with E-state index in [0.717, 1.165) is 0 Å². The molecule has 0 aliphatic heterocycles. The molecule has 1 rings (SSSR count). The van der Waals surface area contributed by atoms with Crippen molar-refractivity contribution >= 4 is 26.4 Å². The average molecular weight is 304 g/mol. The number of amides is 1. The Balaban J connectivity index is 3.33. The molecule has 94 valence electrons. The van der Waals surface area contributed by atoms with Gasteiger partial charge in [0.2, 0.25) is 0 Å². The van der Waals surface area contributed by atoms with E-state index in [9.17, 15) is 4.79 Å². The SMILES string of the molecule is COc1cc(OC)c(N(C)C(=O)Br)cc1OC. The molecule has 0 fully saturated rings. The highest BCUT2D eigenvalue weighted by molar-refractivity contribution is 9.18. The van der Waals surface area contributed by atoms with Crippen LogP contribution in [0.2, 0.25) is 0 Å². The van der Waals surface area contributed by atoms with Crippen molar-refractivity contribution in [2.24, 2.45) is 0 Å². The first-order valence-corrected chi connectivity index (χ1v) is 5.57. The van der Waals surface area contributed by atoms with Crippen LogP contribution in [0, 0.1) is 0 Å². The predicted molar refractivity (Wildman–Crippen MR) is 68.8 cm³/mol. The second-order valence-corrected chi connectivity index (χ2v) is 3.87. The average Bonchev–Trinajstić information content (AvgIpc) is 2.35. The van der Waals surface area contributed by atoms with E-state index in [1.54, 1.807) is 19.2 Å². The third-order valence-electron chi connectivity index (χ3n) is 2.31. The molecule has 0 radical (unpaired) electrons. The lowest BCUT2D eigenvalue weighted by atomic mass is 10.2. The normalized spacial score (nSPS) is 9.71. The van der Waals surface area contributed by atoms with Gasteiger partial charge < -0.3 is 19.1 Å². The van der Waals surface area contributed by atoms with Crippen LogP contribution in [0.4, 0.5) is 10.5 Å². The number of benzene rings is 1. The highest BCUT2D eigenvalue weighted by Crippen LogP contribution is 2.39. The molecule has 0 atom stereocenters. The number of anilines is 1. The standard InChI is InChI=1S/C11H14BrNO4/c1-13(11(12)14)7-5-9(16-3)10(17-4)6-8(7)15-2/h5-6H,1-4H3. The molecule has 0 aliphatic rings. The van der Waals surface area contributed by atoms with Crippen molar-refractivity contribution in [3.63, 3.8) is 0 Å². The van der Waals surface area contributed by atoms with Gasteiger partial charge in [-0.25, -0.2) is 0 Å². The van der Waals surface area contributed by atoms with Gasteiger partial charge in [-0.2, -0.15) is 0 Å². The number of carbonyl (C=O) groups is 1. The van der Waals surface area contributed by atoms with Crippen molar-refractivity contribution in [3.05, 3.63) is 12.1 Å². The Bertz CT molecular complexity index is 422.